The van der Waals surface area contributed by atoms with Gasteiger partial charge in [0.2, 0.25) is 0 Å². The summed E-state index contributed by atoms with van der Waals surface area (Å²) in [5, 5.41) is 2.91. The van der Waals surface area contributed by atoms with Gasteiger partial charge in [0.25, 0.3) is 5.91 Å². The summed E-state index contributed by atoms with van der Waals surface area (Å²) in [5.41, 5.74) is 7.78. The number of likely N-dealkylation sites (N-methyl/N-ethyl adjacent to an activating group) is 1. The van der Waals surface area contributed by atoms with Crippen molar-refractivity contribution in [2.75, 3.05) is 17.3 Å². The average molecular weight is 413 g/mol. The summed E-state index contributed by atoms with van der Waals surface area (Å²) in [6.45, 7) is 10.5. The van der Waals surface area contributed by atoms with E-state index in [1.165, 1.54) is 28.1 Å². The fourth-order valence-electron chi connectivity index (χ4n) is 3.87. The number of hydrogen-bond donors (Lipinski definition) is 1. The van der Waals surface area contributed by atoms with Crippen LogP contribution in [0.15, 0.2) is 90.2 Å². The number of hydrogen-bond acceptors (Lipinski definition) is 2. The van der Waals surface area contributed by atoms with Gasteiger partial charge in [0.15, 0.2) is 0 Å². The first-order chi connectivity index (χ1) is 14.7. The zero-order valence-corrected chi connectivity index (χ0v) is 19.4. The van der Waals surface area contributed by atoms with E-state index in [-0.39, 0.29) is 11.3 Å². The molecule has 0 radical (unpaired) electrons. The number of rotatable bonds is 5. The maximum atomic E-state index is 12.3. The van der Waals surface area contributed by atoms with E-state index in [9.17, 15) is 4.79 Å². The first-order valence-corrected chi connectivity index (χ1v) is 10.7. The number of nitrogens with one attached hydrogen (secondary N) is 1. The topological polar surface area (TPSA) is 32.3 Å². The minimum Gasteiger partial charge on any atom is -0.347 e. The van der Waals surface area contributed by atoms with E-state index < -0.39 is 0 Å². The van der Waals surface area contributed by atoms with Gasteiger partial charge in [0, 0.05) is 35.1 Å². The van der Waals surface area contributed by atoms with Crippen molar-refractivity contribution >= 4 is 17.3 Å². The molecule has 0 bridgehead atoms. The highest BCUT2D eigenvalue weighted by Crippen LogP contribution is 2.47. The van der Waals surface area contributed by atoms with Gasteiger partial charge in [-0.3, -0.25) is 4.79 Å². The van der Waals surface area contributed by atoms with E-state index in [0.29, 0.717) is 5.57 Å². The predicted octanol–water partition coefficient (Wildman–Crippen LogP) is 6.61. The first kappa shape index (κ1) is 22.4. The molecule has 0 aromatic heterocycles. The summed E-state index contributed by atoms with van der Waals surface area (Å²) >= 11 is 0. The number of aryl methyl sites for hydroxylation is 2. The van der Waals surface area contributed by atoms with E-state index >= 15 is 0 Å². The lowest BCUT2D eigenvalue weighted by molar-refractivity contribution is -0.112. The van der Waals surface area contributed by atoms with Crippen LogP contribution < -0.4 is 10.2 Å². The van der Waals surface area contributed by atoms with Crippen molar-refractivity contribution in [1.29, 1.82) is 0 Å². The standard InChI is InChI=1S/C28H32N2O/c1-20-13-16-23(17-14-20)29-27(31)22(3)11-9-7-8-10-12-26-28(4,5)24-19-21(2)15-18-25(24)30(26)6/h7-19H,1-6H3,(H,29,31)/b9-7+,10-8+,22-11+,26-12+. The lowest BCUT2D eigenvalue weighted by atomic mass is 9.83. The fourth-order valence-corrected chi connectivity index (χ4v) is 3.87. The van der Waals surface area contributed by atoms with Gasteiger partial charge in [-0.25, -0.2) is 0 Å². The Bertz CT molecular complexity index is 1080. The van der Waals surface area contributed by atoms with Crippen LogP contribution in [0, 0.1) is 13.8 Å². The molecule has 0 spiro atoms. The van der Waals surface area contributed by atoms with Crippen molar-refractivity contribution in [2.24, 2.45) is 0 Å². The van der Waals surface area contributed by atoms with Crippen molar-refractivity contribution in [3.05, 3.63) is 107 Å². The van der Waals surface area contributed by atoms with E-state index in [1.54, 1.807) is 0 Å². The second-order valence-corrected chi connectivity index (χ2v) is 8.70. The van der Waals surface area contributed by atoms with E-state index in [2.05, 4.69) is 68.4 Å². The molecular formula is C28H32N2O. The highest BCUT2D eigenvalue weighted by molar-refractivity contribution is 6.03. The molecule has 31 heavy (non-hydrogen) atoms. The molecule has 0 unspecified atom stereocenters. The zero-order valence-electron chi connectivity index (χ0n) is 19.4. The third-order valence-electron chi connectivity index (χ3n) is 5.79. The molecule has 0 saturated heterocycles. The summed E-state index contributed by atoms with van der Waals surface area (Å²) in [6.07, 6.45) is 11.9. The molecule has 3 heteroatoms. The maximum absolute atomic E-state index is 12.3. The van der Waals surface area contributed by atoms with Crippen molar-refractivity contribution in [3.63, 3.8) is 0 Å². The summed E-state index contributed by atoms with van der Waals surface area (Å²) in [4.78, 5) is 14.6. The summed E-state index contributed by atoms with van der Waals surface area (Å²) in [7, 11) is 2.12. The summed E-state index contributed by atoms with van der Waals surface area (Å²) in [5.74, 6) is -0.0954. The first-order valence-electron chi connectivity index (χ1n) is 10.7. The Morgan fingerprint density at radius 1 is 0.935 bits per heavy atom. The van der Waals surface area contributed by atoms with Gasteiger partial charge in [-0.05, 0) is 50.6 Å². The number of benzene rings is 2. The van der Waals surface area contributed by atoms with Crippen LogP contribution in [-0.4, -0.2) is 13.0 Å². The number of nitrogens with zero attached hydrogens (tertiary/aromatic N) is 1. The Morgan fingerprint density at radius 2 is 1.58 bits per heavy atom. The Hall–Kier alpha value is -3.33. The highest BCUT2D eigenvalue weighted by Gasteiger charge is 2.37. The molecule has 1 amide bonds. The van der Waals surface area contributed by atoms with Crippen molar-refractivity contribution in [1.82, 2.24) is 0 Å². The van der Waals surface area contributed by atoms with Crippen LogP contribution in [0.1, 0.15) is 37.5 Å². The van der Waals surface area contributed by atoms with Crippen molar-refractivity contribution in [3.8, 4) is 0 Å². The van der Waals surface area contributed by atoms with Crippen LogP contribution in [0.25, 0.3) is 0 Å². The number of carbonyl (C=O) groups is 1. The Morgan fingerprint density at radius 3 is 2.29 bits per heavy atom. The molecule has 0 atom stereocenters. The molecule has 1 aliphatic rings. The maximum Gasteiger partial charge on any atom is 0.251 e. The largest absolute Gasteiger partial charge is 0.347 e. The molecule has 3 nitrogen and oxygen atoms in total. The highest BCUT2D eigenvalue weighted by atomic mass is 16.1. The Kier molecular flexibility index (Phi) is 6.65. The molecule has 1 aliphatic heterocycles. The second kappa shape index (κ2) is 9.22. The fraction of sp³-hybridized carbons (Fsp3) is 0.250. The van der Waals surface area contributed by atoms with Gasteiger partial charge < -0.3 is 10.2 Å². The number of fused-ring (bicyclic) bond motifs is 1. The SMILES string of the molecule is C\C(=C/C=C/C=C/C=C1/N(C)c2ccc(C)cc2C1(C)C)C(=O)Nc1ccc(C)cc1. The monoisotopic (exact) mass is 412 g/mol. The zero-order chi connectivity index (χ0) is 22.6. The molecule has 2 aromatic rings. The quantitative estimate of drug-likeness (QED) is 0.442. The lowest BCUT2D eigenvalue weighted by Gasteiger charge is -2.23. The molecule has 3 rings (SSSR count). The third-order valence-corrected chi connectivity index (χ3v) is 5.79. The van der Waals surface area contributed by atoms with Crippen LogP contribution in [-0.2, 0) is 10.2 Å². The minimum absolute atomic E-state index is 0.0330. The predicted molar refractivity (Wildman–Crippen MR) is 133 cm³/mol. The average Bonchev–Trinajstić information content (AvgIpc) is 2.91. The number of carbonyl (C=O) groups excluding carboxylic acids is 1. The van der Waals surface area contributed by atoms with Crippen LogP contribution >= 0.6 is 0 Å². The van der Waals surface area contributed by atoms with Gasteiger partial charge in [-0.15, -0.1) is 0 Å². The normalized spacial score (nSPS) is 17.0. The number of anilines is 2. The van der Waals surface area contributed by atoms with Gasteiger partial charge in [0.05, 0.1) is 0 Å². The van der Waals surface area contributed by atoms with Gasteiger partial charge in [0.1, 0.15) is 0 Å². The molecule has 1 N–H and O–H groups in total. The minimum atomic E-state index is -0.0954. The third kappa shape index (κ3) is 5.05. The molecule has 0 aliphatic carbocycles. The molecule has 0 saturated carbocycles. The van der Waals surface area contributed by atoms with Crippen molar-refractivity contribution in [2.45, 2.75) is 40.0 Å². The van der Waals surface area contributed by atoms with Gasteiger partial charge in [-0.2, -0.15) is 0 Å². The molecule has 160 valence electrons. The van der Waals surface area contributed by atoms with Crippen LogP contribution in [0.3, 0.4) is 0 Å². The molecule has 1 heterocycles. The second-order valence-electron chi connectivity index (χ2n) is 8.70. The summed E-state index contributed by atoms with van der Waals surface area (Å²) < 4.78 is 0. The molecule has 0 fully saturated rings. The van der Waals surface area contributed by atoms with E-state index in [1.807, 2.05) is 62.4 Å². The van der Waals surface area contributed by atoms with E-state index in [4.69, 9.17) is 0 Å². The Labute approximate surface area is 186 Å². The summed E-state index contributed by atoms with van der Waals surface area (Å²) in [6, 6.07) is 14.4. The van der Waals surface area contributed by atoms with Crippen LogP contribution in [0.5, 0.6) is 0 Å². The number of amides is 1. The molecule has 2 aromatic carbocycles. The number of allylic oxidation sites excluding steroid dienone is 7. The van der Waals surface area contributed by atoms with Gasteiger partial charge in [-0.1, -0.05) is 79.6 Å². The van der Waals surface area contributed by atoms with Crippen LogP contribution in [0.4, 0.5) is 11.4 Å². The van der Waals surface area contributed by atoms with Crippen LogP contribution in [0.2, 0.25) is 0 Å². The van der Waals surface area contributed by atoms with Crippen molar-refractivity contribution < 1.29 is 4.79 Å². The van der Waals surface area contributed by atoms with E-state index in [0.717, 1.165) is 5.69 Å². The Balaban J connectivity index is 1.63. The van der Waals surface area contributed by atoms with Gasteiger partial charge >= 0.3 is 0 Å². The lowest BCUT2D eigenvalue weighted by Crippen LogP contribution is -2.22. The smallest absolute Gasteiger partial charge is 0.251 e. The molecular weight excluding hydrogens is 380 g/mol.